The highest BCUT2D eigenvalue weighted by molar-refractivity contribution is 7.92. The summed E-state index contributed by atoms with van der Waals surface area (Å²) in [6, 6.07) is 5.87. The highest BCUT2D eigenvalue weighted by Gasteiger charge is 2.28. The first-order valence-corrected chi connectivity index (χ1v) is 11.6. The number of unbranched alkanes of at least 4 members (excludes halogenated alkanes) is 1. The molecule has 0 bridgehead atoms. The summed E-state index contributed by atoms with van der Waals surface area (Å²) in [7, 11) is -5.38. The van der Waals surface area contributed by atoms with Crippen LogP contribution in [-0.2, 0) is 20.0 Å². The Labute approximate surface area is 163 Å². The minimum atomic E-state index is -3.58. The number of anilines is 1. The molecular weight excluding hydrogens is 398 g/mol. The summed E-state index contributed by atoms with van der Waals surface area (Å²) in [6.07, 6.45) is 2.94. The second kappa shape index (κ2) is 9.89. The number of sulfonamides is 2. The number of hydrogen-bond acceptors (Lipinski definition) is 5. The summed E-state index contributed by atoms with van der Waals surface area (Å²) < 4.78 is 53.2. The van der Waals surface area contributed by atoms with Crippen LogP contribution in [0.25, 0.3) is 0 Å². The third-order valence-electron chi connectivity index (χ3n) is 4.39. The molecule has 0 spiro atoms. The fourth-order valence-corrected chi connectivity index (χ4v) is 5.47. The van der Waals surface area contributed by atoms with E-state index in [0.29, 0.717) is 12.1 Å². The van der Waals surface area contributed by atoms with Gasteiger partial charge in [0.05, 0.1) is 10.6 Å². The van der Waals surface area contributed by atoms with E-state index in [-0.39, 0.29) is 29.1 Å². The topological polar surface area (TPSA) is 95.6 Å². The molecule has 0 aromatic heterocycles. The van der Waals surface area contributed by atoms with Crippen molar-refractivity contribution in [2.45, 2.75) is 43.5 Å². The molecule has 0 saturated carbocycles. The third-order valence-corrected chi connectivity index (χ3v) is 7.69. The van der Waals surface area contributed by atoms with Crippen molar-refractivity contribution < 1.29 is 16.8 Å². The lowest BCUT2D eigenvalue weighted by Crippen LogP contribution is -2.43. The van der Waals surface area contributed by atoms with Crippen molar-refractivity contribution in [1.29, 1.82) is 0 Å². The summed E-state index contributed by atoms with van der Waals surface area (Å²) in [6.45, 7) is 3.54. The summed E-state index contributed by atoms with van der Waals surface area (Å²) in [4.78, 5) is 0.171. The Bertz CT molecular complexity index is 761. The van der Waals surface area contributed by atoms with Gasteiger partial charge in [-0.3, -0.25) is 4.72 Å². The molecule has 1 heterocycles. The first-order chi connectivity index (χ1) is 11.8. The van der Waals surface area contributed by atoms with Crippen molar-refractivity contribution in [2.75, 3.05) is 30.6 Å². The molecule has 1 fully saturated rings. The minimum Gasteiger partial charge on any atom is -0.317 e. The molecule has 2 rings (SSSR count). The van der Waals surface area contributed by atoms with E-state index in [1.165, 1.54) is 28.6 Å². The number of hydrogen-bond donors (Lipinski definition) is 2. The Hall–Kier alpha value is -0.870. The predicted octanol–water partition coefficient (Wildman–Crippen LogP) is 2.02. The smallest absolute Gasteiger partial charge is 0.243 e. The van der Waals surface area contributed by atoms with E-state index in [1.54, 1.807) is 7.05 Å². The molecule has 1 aliphatic rings. The second-order valence-corrected chi connectivity index (χ2v) is 10.1. The number of nitrogens with zero attached hydrogens (tertiary/aromatic N) is 1. The molecule has 0 aliphatic carbocycles. The maximum atomic E-state index is 12.7. The Morgan fingerprint density at radius 2 is 1.69 bits per heavy atom. The van der Waals surface area contributed by atoms with Gasteiger partial charge in [-0.25, -0.2) is 16.8 Å². The Balaban J connectivity index is 0.00000338. The highest BCUT2D eigenvalue weighted by Crippen LogP contribution is 2.22. The average molecular weight is 426 g/mol. The van der Waals surface area contributed by atoms with Crippen LogP contribution in [0, 0.1) is 0 Å². The first kappa shape index (κ1) is 23.2. The zero-order valence-corrected chi connectivity index (χ0v) is 17.6. The number of piperidine rings is 1. The zero-order chi connectivity index (χ0) is 18.5. The fourth-order valence-electron chi connectivity index (χ4n) is 2.79. The van der Waals surface area contributed by atoms with Crippen LogP contribution in [0.3, 0.4) is 0 Å². The molecule has 0 radical (unpaired) electrons. The van der Waals surface area contributed by atoms with E-state index < -0.39 is 20.0 Å². The van der Waals surface area contributed by atoms with Crippen molar-refractivity contribution in [3.05, 3.63) is 24.3 Å². The van der Waals surface area contributed by atoms with E-state index in [0.717, 1.165) is 32.4 Å². The third kappa shape index (κ3) is 6.09. The normalized spacial score (nSPS) is 16.3. The number of benzene rings is 1. The van der Waals surface area contributed by atoms with Crippen LogP contribution >= 0.6 is 12.4 Å². The summed E-state index contributed by atoms with van der Waals surface area (Å²) in [5.41, 5.74) is 0.375. The molecule has 26 heavy (non-hydrogen) atoms. The molecular formula is C16H28ClN3O4S2. The molecule has 1 aliphatic heterocycles. The Morgan fingerprint density at radius 3 is 2.23 bits per heavy atom. The first-order valence-electron chi connectivity index (χ1n) is 8.55. The fraction of sp³-hybridized carbons (Fsp3) is 0.625. The van der Waals surface area contributed by atoms with E-state index in [1.807, 2.05) is 6.92 Å². The highest BCUT2D eigenvalue weighted by atomic mass is 35.5. The molecule has 0 unspecified atom stereocenters. The molecule has 1 saturated heterocycles. The molecule has 150 valence electrons. The van der Waals surface area contributed by atoms with Gasteiger partial charge in [-0.2, -0.15) is 4.31 Å². The standard InChI is InChI=1S/C16H27N3O4S2.ClH/c1-3-4-13-24(20,21)18-14-5-7-16(8-6-14)25(22,23)19(2)15-9-11-17-12-10-15;/h5-8,15,17-18H,3-4,9-13H2,1-2H3;1H. The van der Waals surface area contributed by atoms with Crippen LogP contribution in [0.4, 0.5) is 5.69 Å². The van der Waals surface area contributed by atoms with Crippen molar-refractivity contribution >= 4 is 38.1 Å². The molecule has 7 nitrogen and oxygen atoms in total. The quantitative estimate of drug-likeness (QED) is 0.664. The zero-order valence-electron chi connectivity index (χ0n) is 15.1. The van der Waals surface area contributed by atoms with Crippen molar-refractivity contribution in [3.8, 4) is 0 Å². The minimum absolute atomic E-state index is 0. The number of halogens is 1. The van der Waals surface area contributed by atoms with Crippen LogP contribution in [-0.4, -0.2) is 53.1 Å². The molecule has 0 amide bonds. The molecule has 1 aromatic rings. The summed E-state index contributed by atoms with van der Waals surface area (Å²) >= 11 is 0. The van der Waals surface area contributed by atoms with Gasteiger partial charge < -0.3 is 5.32 Å². The Morgan fingerprint density at radius 1 is 1.12 bits per heavy atom. The van der Waals surface area contributed by atoms with Gasteiger partial charge in [-0.05, 0) is 56.6 Å². The van der Waals surface area contributed by atoms with Gasteiger partial charge in [0.25, 0.3) is 0 Å². The van der Waals surface area contributed by atoms with E-state index in [2.05, 4.69) is 10.0 Å². The number of rotatable bonds is 8. The lowest BCUT2D eigenvalue weighted by molar-refractivity contribution is 0.296. The van der Waals surface area contributed by atoms with Gasteiger partial charge in [0.2, 0.25) is 20.0 Å². The molecule has 0 atom stereocenters. The maximum absolute atomic E-state index is 12.7. The SMILES string of the molecule is CCCCS(=O)(=O)Nc1ccc(S(=O)(=O)N(C)C2CCNCC2)cc1.Cl. The lowest BCUT2D eigenvalue weighted by atomic mass is 10.1. The van der Waals surface area contributed by atoms with Gasteiger partial charge in [0, 0.05) is 18.8 Å². The molecule has 10 heteroatoms. The predicted molar refractivity (Wildman–Crippen MR) is 107 cm³/mol. The molecule has 1 aromatic carbocycles. The van der Waals surface area contributed by atoms with E-state index in [4.69, 9.17) is 0 Å². The van der Waals surface area contributed by atoms with Crippen LogP contribution in [0.5, 0.6) is 0 Å². The van der Waals surface area contributed by atoms with E-state index >= 15 is 0 Å². The van der Waals surface area contributed by atoms with Gasteiger partial charge in [0.15, 0.2) is 0 Å². The average Bonchev–Trinajstić information content (AvgIpc) is 2.60. The Kier molecular flexibility index (Phi) is 8.81. The maximum Gasteiger partial charge on any atom is 0.243 e. The van der Waals surface area contributed by atoms with E-state index in [9.17, 15) is 16.8 Å². The van der Waals surface area contributed by atoms with Gasteiger partial charge in [-0.15, -0.1) is 12.4 Å². The van der Waals surface area contributed by atoms with Gasteiger partial charge >= 0.3 is 0 Å². The summed E-state index contributed by atoms with van der Waals surface area (Å²) in [5.74, 6) is 0.0575. The lowest BCUT2D eigenvalue weighted by Gasteiger charge is -2.30. The van der Waals surface area contributed by atoms with Crippen molar-refractivity contribution in [2.24, 2.45) is 0 Å². The number of nitrogens with one attached hydrogen (secondary N) is 2. The van der Waals surface area contributed by atoms with Gasteiger partial charge in [0.1, 0.15) is 0 Å². The van der Waals surface area contributed by atoms with Gasteiger partial charge in [-0.1, -0.05) is 13.3 Å². The molecule has 2 N–H and O–H groups in total. The van der Waals surface area contributed by atoms with Crippen molar-refractivity contribution in [1.82, 2.24) is 9.62 Å². The summed E-state index contributed by atoms with van der Waals surface area (Å²) in [5, 5.41) is 3.22. The second-order valence-electron chi connectivity index (χ2n) is 6.30. The van der Waals surface area contributed by atoms with Crippen LogP contribution in [0.2, 0.25) is 0 Å². The monoisotopic (exact) mass is 425 g/mol. The largest absolute Gasteiger partial charge is 0.317 e. The van der Waals surface area contributed by atoms with Crippen molar-refractivity contribution in [3.63, 3.8) is 0 Å². The van der Waals surface area contributed by atoms with Crippen LogP contribution in [0.1, 0.15) is 32.6 Å². The van der Waals surface area contributed by atoms with Crippen LogP contribution in [0.15, 0.2) is 29.2 Å². The van der Waals surface area contributed by atoms with Crippen LogP contribution < -0.4 is 10.0 Å².